The number of nitrogens with zero attached hydrogens (tertiary/aromatic N) is 5. The highest BCUT2D eigenvalue weighted by Crippen LogP contribution is 2.32. The van der Waals surface area contributed by atoms with E-state index in [1.54, 1.807) is 30.7 Å². The zero-order valence-electron chi connectivity index (χ0n) is 21.3. The van der Waals surface area contributed by atoms with Gasteiger partial charge in [-0.2, -0.15) is 0 Å². The number of amides is 1. The van der Waals surface area contributed by atoms with E-state index in [0.717, 1.165) is 13.0 Å². The molecule has 0 aromatic carbocycles. The average Bonchev–Trinajstić information content (AvgIpc) is 3.34. The third kappa shape index (κ3) is 5.88. The third-order valence-corrected chi connectivity index (χ3v) is 9.84. The van der Waals surface area contributed by atoms with Crippen molar-refractivity contribution in [1.82, 2.24) is 30.2 Å². The highest BCUT2D eigenvalue weighted by atomic mass is 32.2. The van der Waals surface area contributed by atoms with E-state index in [1.165, 1.54) is 17.5 Å². The van der Waals surface area contributed by atoms with Crippen LogP contribution in [0.3, 0.4) is 0 Å². The Hall–Kier alpha value is -3.20. The molecule has 6 rings (SSSR count). The molecule has 2 bridgehead atoms. The molecule has 0 unspecified atom stereocenters. The van der Waals surface area contributed by atoms with E-state index in [4.69, 9.17) is 9.47 Å². The Morgan fingerprint density at radius 3 is 2.90 bits per heavy atom. The van der Waals surface area contributed by atoms with Gasteiger partial charge in [-0.1, -0.05) is 0 Å². The van der Waals surface area contributed by atoms with Crippen molar-refractivity contribution < 1.29 is 22.7 Å². The lowest BCUT2D eigenvalue weighted by atomic mass is 10.1. The number of anilines is 1. The van der Waals surface area contributed by atoms with Crippen molar-refractivity contribution in [2.24, 2.45) is 0 Å². The molecule has 206 valence electrons. The molecule has 0 radical (unpaired) electrons. The predicted octanol–water partition coefficient (Wildman–Crippen LogP) is 2.24. The Labute approximate surface area is 230 Å². The number of carbonyl (C=O) groups is 1. The first kappa shape index (κ1) is 26.0. The summed E-state index contributed by atoms with van der Waals surface area (Å²) in [5, 5.41) is 3.01. The average molecular weight is 572 g/mol. The molecule has 2 saturated heterocycles. The van der Waals surface area contributed by atoms with Crippen LogP contribution < -0.4 is 14.8 Å². The molecule has 39 heavy (non-hydrogen) atoms. The number of morpholine rings is 1. The minimum absolute atomic E-state index is 0.200. The van der Waals surface area contributed by atoms with Gasteiger partial charge < -0.3 is 14.8 Å². The van der Waals surface area contributed by atoms with Gasteiger partial charge in [-0.3, -0.25) is 24.4 Å². The zero-order chi connectivity index (χ0) is 27.0. The van der Waals surface area contributed by atoms with Crippen molar-refractivity contribution >= 4 is 33.0 Å². The number of nitrogens with one attached hydrogen (secondary N) is 2. The lowest BCUT2D eigenvalue weighted by Gasteiger charge is -2.30. The normalized spacial score (nSPS) is 21.6. The molecule has 0 spiro atoms. The number of likely N-dealkylation sites (tertiary alicyclic amines) is 1. The Kier molecular flexibility index (Phi) is 7.18. The molecule has 14 heteroatoms. The Bertz CT molecular complexity index is 1460. The molecular formula is C25H29N7O5S2. The van der Waals surface area contributed by atoms with Crippen molar-refractivity contribution in [3.63, 3.8) is 0 Å². The van der Waals surface area contributed by atoms with Gasteiger partial charge in [0.25, 0.3) is 5.91 Å². The SMILES string of the molecule is CCOc1cncc(-c2cnc(C(=O)N[C@H](CN3C[C@H]4C[C@@H]3CO4)c3cc(NS(=O)(=O)C4CC4)ccn3)s2)n1. The number of hydrogen-bond acceptors (Lipinski definition) is 11. The fraction of sp³-hybridized carbons (Fsp3) is 0.480. The van der Waals surface area contributed by atoms with Crippen molar-refractivity contribution in [2.45, 2.75) is 49.6 Å². The first-order valence-electron chi connectivity index (χ1n) is 12.9. The van der Waals surface area contributed by atoms with E-state index >= 15 is 0 Å². The molecule has 3 atom stereocenters. The second-order valence-corrected chi connectivity index (χ2v) is 12.8. The summed E-state index contributed by atoms with van der Waals surface area (Å²) in [6, 6.07) is 3.11. The smallest absolute Gasteiger partial charge is 0.280 e. The van der Waals surface area contributed by atoms with Gasteiger partial charge in [0.2, 0.25) is 15.9 Å². The van der Waals surface area contributed by atoms with E-state index in [9.17, 15) is 13.2 Å². The summed E-state index contributed by atoms with van der Waals surface area (Å²) in [5.74, 6) is 0.0539. The molecule has 3 aromatic heterocycles. The van der Waals surface area contributed by atoms with Gasteiger partial charge in [0, 0.05) is 31.5 Å². The minimum atomic E-state index is -3.43. The van der Waals surface area contributed by atoms with Crippen molar-refractivity contribution in [3.8, 4) is 16.5 Å². The van der Waals surface area contributed by atoms with E-state index in [0.29, 0.717) is 60.4 Å². The summed E-state index contributed by atoms with van der Waals surface area (Å²) in [5.41, 5.74) is 1.57. The summed E-state index contributed by atoms with van der Waals surface area (Å²) in [6.45, 7) is 4.30. The Morgan fingerprint density at radius 2 is 2.15 bits per heavy atom. The summed E-state index contributed by atoms with van der Waals surface area (Å²) in [6.07, 6.45) is 8.79. The van der Waals surface area contributed by atoms with Crippen LogP contribution in [-0.4, -0.2) is 82.9 Å². The van der Waals surface area contributed by atoms with E-state index in [2.05, 4.69) is 34.9 Å². The molecule has 5 heterocycles. The van der Waals surface area contributed by atoms with Gasteiger partial charge >= 0.3 is 0 Å². The lowest BCUT2D eigenvalue weighted by Crippen LogP contribution is -2.44. The Morgan fingerprint density at radius 1 is 1.28 bits per heavy atom. The van der Waals surface area contributed by atoms with Crippen LogP contribution in [0.25, 0.3) is 10.6 Å². The highest BCUT2D eigenvalue weighted by Gasteiger charge is 2.40. The fourth-order valence-electron chi connectivity index (χ4n) is 4.88. The van der Waals surface area contributed by atoms with Crippen LogP contribution in [0.4, 0.5) is 5.69 Å². The second kappa shape index (κ2) is 10.8. The summed E-state index contributed by atoms with van der Waals surface area (Å²) >= 11 is 1.21. The van der Waals surface area contributed by atoms with E-state index in [-0.39, 0.29) is 28.3 Å². The number of hydrogen-bond donors (Lipinski definition) is 2. The molecule has 3 fully saturated rings. The molecule has 3 aromatic rings. The lowest BCUT2D eigenvalue weighted by molar-refractivity contribution is 0.0265. The maximum absolute atomic E-state index is 13.4. The molecule has 2 aliphatic heterocycles. The van der Waals surface area contributed by atoms with Crippen molar-refractivity contribution in [3.05, 3.63) is 47.6 Å². The van der Waals surface area contributed by atoms with Crippen LogP contribution in [0.5, 0.6) is 5.88 Å². The molecule has 1 amide bonds. The van der Waals surface area contributed by atoms with Gasteiger partial charge in [-0.05, 0) is 38.3 Å². The van der Waals surface area contributed by atoms with Crippen LogP contribution in [0.1, 0.15) is 47.7 Å². The van der Waals surface area contributed by atoms with Crippen LogP contribution in [0, 0.1) is 0 Å². The minimum Gasteiger partial charge on any atom is -0.477 e. The summed E-state index contributed by atoms with van der Waals surface area (Å²) in [7, 11) is -3.43. The standard InChI is InChI=1S/C25H29N7O5S2/c1-2-36-23-11-26-9-20(29-23)22-10-28-25(38-22)24(33)30-21(13-32-12-17-8-16(32)14-37-17)19-7-15(5-6-27-19)31-39(34,35)18-3-4-18/h5-7,9-11,16-18,21H,2-4,8,12-14H2,1H3,(H,27,31)(H,30,33)/t16-,17-,21-/m1/s1. The number of sulfonamides is 1. The number of fused-ring (bicyclic) bond motifs is 2. The molecule has 1 saturated carbocycles. The van der Waals surface area contributed by atoms with Gasteiger partial charge in [-0.15, -0.1) is 11.3 Å². The van der Waals surface area contributed by atoms with Gasteiger partial charge in [-0.25, -0.2) is 18.4 Å². The molecular weight excluding hydrogens is 542 g/mol. The van der Waals surface area contributed by atoms with Crippen molar-refractivity contribution in [1.29, 1.82) is 0 Å². The topological polar surface area (TPSA) is 149 Å². The molecule has 3 aliphatic rings. The molecule has 2 N–H and O–H groups in total. The number of carbonyl (C=O) groups excluding carboxylic acids is 1. The summed E-state index contributed by atoms with van der Waals surface area (Å²) < 4.78 is 38.8. The highest BCUT2D eigenvalue weighted by molar-refractivity contribution is 7.93. The second-order valence-electron chi connectivity index (χ2n) is 9.85. The van der Waals surface area contributed by atoms with Gasteiger partial charge in [0.05, 0.1) is 59.3 Å². The number of thiazole rings is 1. The largest absolute Gasteiger partial charge is 0.477 e. The van der Waals surface area contributed by atoms with E-state index < -0.39 is 16.1 Å². The molecule has 1 aliphatic carbocycles. The predicted molar refractivity (Wildman–Crippen MR) is 144 cm³/mol. The van der Waals surface area contributed by atoms with Crippen LogP contribution in [0.15, 0.2) is 36.9 Å². The number of ether oxygens (including phenoxy) is 2. The van der Waals surface area contributed by atoms with Gasteiger partial charge in [0.15, 0.2) is 5.01 Å². The maximum Gasteiger partial charge on any atom is 0.280 e. The van der Waals surface area contributed by atoms with Crippen LogP contribution in [0.2, 0.25) is 0 Å². The third-order valence-electron chi connectivity index (χ3n) is 6.95. The van der Waals surface area contributed by atoms with Crippen LogP contribution in [-0.2, 0) is 14.8 Å². The number of rotatable bonds is 11. The number of pyridine rings is 1. The van der Waals surface area contributed by atoms with Crippen LogP contribution >= 0.6 is 11.3 Å². The quantitative estimate of drug-likeness (QED) is 0.351. The Balaban J connectivity index is 1.22. The van der Waals surface area contributed by atoms with E-state index in [1.807, 2.05) is 6.92 Å². The van der Waals surface area contributed by atoms with Crippen molar-refractivity contribution in [2.75, 3.05) is 31.0 Å². The first-order chi connectivity index (χ1) is 18.9. The molecule has 12 nitrogen and oxygen atoms in total. The first-order valence-corrected chi connectivity index (χ1v) is 15.3. The number of aromatic nitrogens is 4. The summed E-state index contributed by atoms with van der Waals surface area (Å²) in [4.78, 5) is 33.8. The van der Waals surface area contributed by atoms with Gasteiger partial charge in [0.1, 0.15) is 5.69 Å². The monoisotopic (exact) mass is 571 g/mol. The zero-order valence-corrected chi connectivity index (χ0v) is 23.0. The maximum atomic E-state index is 13.4. The fourth-order valence-corrected chi connectivity index (χ4v) is 7.03.